The van der Waals surface area contributed by atoms with Crippen LogP contribution in [0.1, 0.15) is 30.1 Å². The number of carbonyl (C=O) groups is 2. The second-order valence-electron chi connectivity index (χ2n) is 7.20. The number of hydrogen-bond acceptors (Lipinski definition) is 9. The number of hydrogen-bond donors (Lipinski definition) is 3. The monoisotopic (exact) mass is 530 g/mol. The molecule has 0 bridgehead atoms. The van der Waals surface area contributed by atoms with Crippen LogP contribution in [0.2, 0.25) is 0 Å². The predicted molar refractivity (Wildman–Crippen MR) is 132 cm³/mol. The van der Waals surface area contributed by atoms with Crippen LogP contribution in [-0.2, 0) is 19.6 Å². The molecule has 2 aromatic heterocycles. The molecule has 13 heteroatoms. The second-order valence-corrected chi connectivity index (χ2v) is 11.0. The lowest BCUT2D eigenvalue weighted by Crippen LogP contribution is -2.34. The number of anilines is 2. The molecule has 1 aliphatic rings. The second kappa shape index (κ2) is 10.8. The summed E-state index contributed by atoms with van der Waals surface area (Å²) in [5.41, 5.74) is 1.23. The lowest BCUT2D eigenvalue weighted by atomic mass is 9.97. The summed E-state index contributed by atoms with van der Waals surface area (Å²) < 4.78 is 33.6. The van der Waals surface area contributed by atoms with Gasteiger partial charge in [-0.1, -0.05) is 11.3 Å². The number of aromatic nitrogens is 1. The maximum absolute atomic E-state index is 12.7. The van der Waals surface area contributed by atoms with Crippen molar-refractivity contribution in [2.24, 2.45) is 5.92 Å². The third-order valence-corrected chi connectivity index (χ3v) is 8.69. The number of sulfonamides is 1. The van der Waals surface area contributed by atoms with Crippen molar-refractivity contribution in [1.29, 1.82) is 0 Å². The lowest BCUT2D eigenvalue weighted by molar-refractivity contribution is -0.120. The number of carbonyl (C=O) groups excluding carboxylic acids is 2. The number of nitrogens with one attached hydrogen (secondary N) is 3. The molecule has 1 aliphatic heterocycles. The molecule has 1 saturated heterocycles. The summed E-state index contributed by atoms with van der Waals surface area (Å²) in [6, 6.07) is 6.27. The molecule has 0 radical (unpaired) electrons. The van der Waals surface area contributed by atoms with Gasteiger partial charge in [0, 0.05) is 11.3 Å². The molecule has 3 aromatic rings. The number of piperidine rings is 1. The van der Waals surface area contributed by atoms with Crippen molar-refractivity contribution in [3.8, 4) is 0 Å². The minimum atomic E-state index is -3.87. The van der Waals surface area contributed by atoms with Gasteiger partial charge in [-0.25, -0.2) is 18.2 Å². The molecule has 4 rings (SSSR count). The van der Waals surface area contributed by atoms with Gasteiger partial charge in [0.25, 0.3) is 10.0 Å². The zero-order valence-electron chi connectivity index (χ0n) is 17.6. The van der Waals surface area contributed by atoms with E-state index in [1.54, 1.807) is 25.1 Å². The summed E-state index contributed by atoms with van der Waals surface area (Å²) in [4.78, 5) is 28.7. The van der Waals surface area contributed by atoms with E-state index in [9.17, 15) is 18.0 Å². The topological polar surface area (TPSA) is 126 Å². The van der Waals surface area contributed by atoms with E-state index in [1.807, 2.05) is 0 Å². The van der Waals surface area contributed by atoms with Crippen LogP contribution in [0.25, 0.3) is 10.2 Å². The average molecular weight is 531 g/mol. The number of rotatable bonds is 7. The molecular weight excluding hydrogens is 508 g/mol. The summed E-state index contributed by atoms with van der Waals surface area (Å²) in [5.74, 6) is -0.632. The SMILES string of the molecule is CCOC(=O)c1csc(S(=O)(=O)Nc2ccc3nc(NC(=O)C4CCNCC4)sc3c2)c1.Cl. The Balaban J connectivity index is 0.00000306. The number of nitrogens with zero attached hydrogens (tertiary/aromatic N) is 1. The van der Waals surface area contributed by atoms with Crippen molar-refractivity contribution < 1.29 is 22.7 Å². The maximum atomic E-state index is 12.7. The number of thiazole rings is 1. The summed E-state index contributed by atoms with van der Waals surface area (Å²) in [6.07, 6.45) is 1.59. The Bertz CT molecular complexity index is 1250. The molecule has 1 amide bonds. The van der Waals surface area contributed by atoms with E-state index in [4.69, 9.17) is 4.74 Å². The van der Waals surface area contributed by atoms with Crippen LogP contribution in [-0.4, -0.2) is 45.0 Å². The third-order valence-electron chi connectivity index (χ3n) is 4.93. The number of halogens is 1. The zero-order chi connectivity index (χ0) is 22.7. The van der Waals surface area contributed by atoms with Gasteiger partial charge in [0.2, 0.25) is 5.91 Å². The number of ether oxygens (including phenoxy) is 1. The van der Waals surface area contributed by atoms with E-state index in [2.05, 4.69) is 20.3 Å². The number of thiophene rings is 1. The van der Waals surface area contributed by atoms with Gasteiger partial charge in [-0.15, -0.1) is 23.7 Å². The first-order chi connectivity index (χ1) is 15.4. The molecule has 1 fully saturated rings. The summed E-state index contributed by atoms with van der Waals surface area (Å²) >= 11 is 2.23. The molecule has 0 unspecified atom stereocenters. The molecule has 0 atom stereocenters. The fraction of sp³-hybridized carbons (Fsp3) is 0.350. The molecule has 0 saturated carbocycles. The van der Waals surface area contributed by atoms with Crippen LogP contribution in [0.3, 0.4) is 0 Å². The highest BCUT2D eigenvalue weighted by atomic mass is 35.5. The highest BCUT2D eigenvalue weighted by Gasteiger charge is 2.23. The molecular formula is C20H23ClN4O5S3. The number of benzene rings is 1. The van der Waals surface area contributed by atoms with Crippen molar-refractivity contribution in [2.45, 2.75) is 24.0 Å². The van der Waals surface area contributed by atoms with Crippen molar-refractivity contribution in [1.82, 2.24) is 10.3 Å². The van der Waals surface area contributed by atoms with Crippen LogP contribution < -0.4 is 15.4 Å². The van der Waals surface area contributed by atoms with Crippen LogP contribution in [0.4, 0.5) is 10.8 Å². The number of esters is 1. The fourth-order valence-electron chi connectivity index (χ4n) is 3.32. The van der Waals surface area contributed by atoms with E-state index in [0.29, 0.717) is 16.3 Å². The number of fused-ring (bicyclic) bond motifs is 1. The van der Waals surface area contributed by atoms with Crippen molar-refractivity contribution in [3.63, 3.8) is 0 Å². The van der Waals surface area contributed by atoms with Crippen molar-refractivity contribution in [3.05, 3.63) is 35.2 Å². The first kappa shape index (κ1) is 25.4. The molecule has 0 aliphatic carbocycles. The highest BCUT2D eigenvalue weighted by molar-refractivity contribution is 7.94. The molecule has 33 heavy (non-hydrogen) atoms. The highest BCUT2D eigenvalue weighted by Crippen LogP contribution is 2.31. The van der Waals surface area contributed by atoms with Gasteiger partial charge in [0.05, 0.1) is 28.1 Å². The van der Waals surface area contributed by atoms with Gasteiger partial charge in [-0.3, -0.25) is 9.52 Å². The van der Waals surface area contributed by atoms with Crippen molar-refractivity contribution >= 4 is 78.0 Å². The molecule has 9 nitrogen and oxygen atoms in total. The minimum Gasteiger partial charge on any atom is -0.462 e. The van der Waals surface area contributed by atoms with Gasteiger partial charge in [0.15, 0.2) is 5.13 Å². The van der Waals surface area contributed by atoms with Gasteiger partial charge < -0.3 is 15.4 Å². The molecule has 1 aromatic carbocycles. The third kappa shape index (κ3) is 6.01. The maximum Gasteiger partial charge on any atom is 0.339 e. The van der Waals surface area contributed by atoms with E-state index >= 15 is 0 Å². The Hall–Kier alpha value is -2.25. The molecule has 3 N–H and O–H groups in total. The van der Waals surface area contributed by atoms with E-state index in [-0.39, 0.29) is 40.6 Å². The number of amides is 1. The molecule has 178 valence electrons. The Morgan fingerprint density at radius 3 is 2.73 bits per heavy atom. The Kier molecular flexibility index (Phi) is 8.29. The smallest absolute Gasteiger partial charge is 0.339 e. The van der Waals surface area contributed by atoms with Gasteiger partial charge in [0.1, 0.15) is 4.21 Å². The largest absolute Gasteiger partial charge is 0.462 e. The summed E-state index contributed by atoms with van der Waals surface area (Å²) in [6.45, 7) is 3.55. The summed E-state index contributed by atoms with van der Waals surface area (Å²) in [5, 5.41) is 8.05. The molecule has 3 heterocycles. The lowest BCUT2D eigenvalue weighted by Gasteiger charge is -2.20. The van der Waals surface area contributed by atoms with Crippen LogP contribution >= 0.6 is 35.1 Å². The van der Waals surface area contributed by atoms with Crippen LogP contribution in [0.5, 0.6) is 0 Å². The zero-order valence-corrected chi connectivity index (χ0v) is 20.9. The van der Waals surface area contributed by atoms with Crippen molar-refractivity contribution in [2.75, 3.05) is 29.7 Å². The minimum absolute atomic E-state index is 0. The normalized spacial score (nSPS) is 14.5. The average Bonchev–Trinajstić information content (AvgIpc) is 3.41. The summed E-state index contributed by atoms with van der Waals surface area (Å²) in [7, 11) is -3.87. The van der Waals surface area contributed by atoms with Gasteiger partial charge in [-0.05, 0) is 57.1 Å². The Morgan fingerprint density at radius 2 is 2.00 bits per heavy atom. The fourth-order valence-corrected chi connectivity index (χ4v) is 6.42. The molecule has 0 spiro atoms. The van der Waals surface area contributed by atoms with Gasteiger partial charge >= 0.3 is 5.97 Å². The Labute approximate surface area is 205 Å². The first-order valence-corrected chi connectivity index (χ1v) is 13.2. The first-order valence-electron chi connectivity index (χ1n) is 10.1. The standard InChI is InChI=1S/C20H22N4O5S3.ClH/c1-2-29-19(26)13-9-17(30-11-13)32(27,28)24-14-3-4-15-16(10-14)31-20(22-15)23-18(25)12-5-7-21-8-6-12;/h3-4,9-12,21,24H,2,5-8H2,1H3,(H,22,23,25);1H. The van der Waals surface area contributed by atoms with Crippen LogP contribution in [0, 0.1) is 5.92 Å². The quantitative estimate of drug-likeness (QED) is 0.397. The van der Waals surface area contributed by atoms with E-state index < -0.39 is 16.0 Å². The van der Waals surface area contributed by atoms with E-state index in [0.717, 1.165) is 42.0 Å². The predicted octanol–water partition coefficient (Wildman–Crippen LogP) is 3.70. The Morgan fingerprint density at radius 1 is 1.24 bits per heavy atom. The van der Waals surface area contributed by atoms with Crippen LogP contribution in [0.15, 0.2) is 33.9 Å². The van der Waals surface area contributed by atoms with E-state index in [1.165, 1.54) is 22.8 Å². The van der Waals surface area contributed by atoms with Gasteiger partial charge in [-0.2, -0.15) is 0 Å².